The van der Waals surface area contributed by atoms with Gasteiger partial charge in [0.15, 0.2) is 0 Å². The first-order valence-electron chi connectivity index (χ1n) is 10.5. The third kappa shape index (κ3) is 5.15. The molecule has 1 heterocycles. The molecular weight excluding hydrogens is 505 g/mol. The molecule has 0 aromatic heterocycles. The van der Waals surface area contributed by atoms with Crippen LogP contribution in [0.15, 0.2) is 83.4 Å². The van der Waals surface area contributed by atoms with Gasteiger partial charge in [-0.1, -0.05) is 77.4 Å². The van der Waals surface area contributed by atoms with Gasteiger partial charge < -0.3 is 10.1 Å². The number of amides is 2. The Kier molecular flexibility index (Phi) is 7.67. The molecule has 35 heavy (non-hydrogen) atoms. The number of nitriles is 1. The molecule has 1 fully saturated rings. The summed E-state index contributed by atoms with van der Waals surface area (Å²) >= 11 is 13.7. The van der Waals surface area contributed by atoms with E-state index in [9.17, 15) is 14.9 Å². The maximum Gasteiger partial charge on any atom is 0.269 e. The minimum Gasteiger partial charge on any atom is -0.495 e. The molecule has 0 aliphatic carbocycles. The number of benzene rings is 3. The number of halogens is 2. The Morgan fingerprint density at radius 2 is 1.80 bits per heavy atom. The SMILES string of the molecule is COc1ccccc1NC(=O)C(C#N)=C1SC(Cc2cccc(Cl)c2Cl)C(=O)N1c1ccccc1. The van der Waals surface area contributed by atoms with Crippen LogP contribution in [-0.2, 0) is 16.0 Å². The molecule has 3 aromatic carbocycles. The molecule has 1 aliphatic rings. The summed E-state index contributed by atoms with van der Waals surface area (Å²) in [6.07, 6.45) is 0.280. The molecule has 0 spiro atoms. The van der Waals surface area contributed by atoms with Crippen molar-refractivity contribution in [3.8, 4) is 11.8 Å². The molecule has 4 rings (SSSR count). The fourth-order valence-corrected chi connectivity index (χ4v) is 5.33. The summed E-state index contributed by atoms with van der Waals surface area (Å²) in [4.78, 5) is 28.2. The normalized spacial score (nSPS) is 16.6. The molecule has 3 aromatic rings. The number of nitrogens with zero attached hydrogens (tertiary/aromatic N) is 2. The second-order valence-electron chi connectivity index (χ2n) is 7.48. The summed E-state index contributed by atoms with van der Waals surface area (Å²) in [7, 11) is 1.49. The second-order valence-corrected chi connectivity index (χ2v) is 9.46. The second kappa shape index (κ2) is 10.9. The van der Waals surface area contributed by atoms with Crippen LogP contribution in [0.1, 0.15) is 5.56 Å². The van der Waals surface area contributed by atoms with Crippen molar-refractivity contribution in [2.24, 2.45) is 0 Å². The van der Waals surface area contributed by atoms with Crippen LogP contribution in [0, 0.1) is 11.3 Å². The highest BCUT2D eigenvalue weighted by Gasteiger charge is 2.41. The summed E-state index contributed by atoms with van der Waals surface area (Å²) in [6.45, 7) is 0. The Labute approximate surface area is 217 Å². The molecule has 1 atom stereocenters. The van der Waals surface area contributed by atoms with E-state index in [0.717, 1.165) is 11.8 Å². The lowest BCUT2D eigenvalue weighted by molar-refractivity contribution is -0.117. The predicted octanol–water partition coefficient (Wildman–Crippen LogP) is 6.07. The number of hydrogen-bond donors (Lipinski definition) is 1. The summed E-state index contributed by atoms with van der Waals surface area (Å²) in [5.41, 5.74) is 1.49. The number of ether oxygens (including phenoxy) is 1. The number of carbonyl (C=O) groups is 2. The summed E-state index contributed by atoms with van der Waals surface area (Å²) in [6, 6.07) is 23.0. The topological polar surface area (TPSA) is 82.4 Å². The highest BCUT2D eigenvalue weighted by Crippen LogP contribution is 2.43. The zero-order valence-corrected chi connectivity index (χ0v) is 20.8. The van der Waals surface area contributed by atoms with Gasteiger partial charge in [-0.25, -0.2) is 0 Å². The van der Waals surface area contributed by atoms with Crippen LogP contribution in [0.4, 0.5) is 11.4 Å². The van der Waals surface area contributed by atoms with Crippen molar-refractivity contribution in [3.05, 3.63) is 99.0 Å². The van der Waals surface area contributed by atoms with Crippen LogP contribution in [0.3, 0.4) is 0 Å². The zero-order chi connectivity index (χ0) is 24.9. The van der Waals surface area contributed by atoms with Gasteiger partial charge in [0, 0.05) is 5.69 Å². The molecule has 2 amide bonds. The van der Waals surface area contributed by atoms with E-state index in [1.165, 1.54) is 12.0 Å². The van der Waals surface area contributed by atoms with Crippen molar-refractivity contribution in [1.29, 1.82) is 5.26 Å². The molecule has 9 heteroatoms. The first-order chi connectivity index (χ1) is 16.9. The van der Waals surface area contributed by atoms with Gasteiger partial charge >= 0.3 is 0 Å². The Morgan fingerprint density at radius 3 is 2.51 bits per heavy atom. The zero-order valence-electron chi connectivity index (χ0n) is 18.5. The molecule has 1 N–H and O–H groups in total. The number of methoxy groups -OCH3 is 1. The van der Waals surface area contributed by atoms with Gasteiger partial charge in [-0.05, 0) is 42.3 Å². The molecule has 1 saturated heterocycles. The van der Waals surface area contributed by atoms with E-state index >= 15 is 0 Å². The molecule has 6 nitrogen and oxygen atoms in total. The van der Waals surface area contributed by atoms with E-state index < -0.39 is 11.2 Å². The van der Waals surface area contributed by atoms with Crippen molar-refractivity contribution in [2.75, 3.05) is 17.3 Å². The first-order valence-corrected chi connectivity index (χ1v) is 12.2. The lowest BCUT2D eigenvalue weighted by Gasteiger charge is -2.19. The standard InChI is InChI=1S/C26H19Cl2N3O3S/c1-34-21-13-6-5-12-20(21)30-24(32)18(15-29)26-31(17-9-3-2-4-10-17)25(33)22(35-26)14-16-8-7-11-19(27)23(16)28/h2-13,22H,14H2,1H3,(H,30,32). The molecule has 1 unspecified atom stereocenters. The van der Waals surface area contributed by atoms with Crippen LogP contribution in [-0.4, -0.2) is 24.2 Å². The maximum atomic E-state index is 13.6. The lowest BCUT2D eigenvalue weighted by atomic mass is 10.1. The van der Waals surface area contributed by atoms with E-state index in [-0.39, 0.29) is 22.9 Å². The minimum atomic E-state index is -0.644. The lowest BCUT2D eigenvalue weighted by Crippen LogP contribution is -2.31. The molecule has 0 bridgehead atoms. The number of thioether (sulfide) groups is 1. The number of rotatable bonds is 6. The first kappa shape index (κ1) is 24.7. The number of nitrogens with one attached hydrogen (secondary N) is 1. The van der Waals surface area contributed by atoms with Gasteiger partial charge in [0.1, 0.15) is 22.4 Å². The summed E-state index contributed by atoms with van der Waals surface area (Å²) in [5.74, 6) is -0.452. The van der Waals surface area contributed by atoms with Crippen LogP contribution in [0.2, 0.25) is 10.0 Å². The van der Waals surface area contributed by atoms with Gasteiger partial charge in [-0.2, -0.15) is 5.26 Å². The van der Waals surface area contributed by atoms with Crippen molar-refractivity contribution >= 4 is 58.2 Å². The largest absolute Gasteiger partial charge is 0.495 e. The fraction of sp³-hybridized carbons (Fsp3) is 0.115. The molecule has 0 saturated carbocycles. The average molecular weight is 524 g/mol. The van der Waals surface area contributed by atoms with Gasteiger partial charge in [-0.15, -0.1) is 0 Å². The van der Waals surface area contributed by atoms with Crippen molar-refractivity contribution in [3.63, 3.8) is 0 Å². The molecule has 1 aliphatic heterocycles. The van der Waals surface area contributed by atoms with Gasteiger partial charge in [-0.3, -0.25) is 14.5 Å². The molecular formula is C26H19Cl2N3O3S. The summed E-state index contributed by atoms with van der Waals surface area (Å²) in [5, 5.41) is 13.1. The van der Waals surface area contributed by atoms with Crippen LogP contribution in [0.25, 0.3) is 0 Å². The Bertz CT molecular complexity index is 1360. The van der Waals surface area contributed by atoms with E-state index in [4.69, 9.17) is 27.9 Å². The van der Waals surface area contributed by atoms with E-state index in [0.29, 0.717) is 32.7 Å². The molecule has 0 radical (unpaired) electrons. The third-order valence-electron chi connectivity index (χ3n) is 5.31. The highest BCUT2D eigenvalue weighted by atomic mass is 35.5. The third-order valence-corrected chi connectivity index (χ3v) is 7.43. The Balaban J connectivity index is 1.74. The van der Waals surface area contributed by atoms with E-state index in [2.05, 4.69) is 5.32 Å². The van der Waals surface area contributed by atoms with Crippen molar-refractivity contribution in [2.45, 2.75) is 11.7 Å². The number of anilines is 2. The number of hydrogen-bond acceptors (Lipinski definition) is 5. The van der Waals surface area contributed by atoms with Gasteiger partial charge in [0.25, 0.3) is 5.91 Å². The van der Waals surface area contributed by atoms with E-state index in [1.807, 2.05) is 12.1 Å². The van der Waals surface area contributed by atoms with Crippen LogP contribution in [0.5, 0.6) is 5.75 Å². The average Bonchev–Trinajstić information content (AvgIpc) is 3.18. The van der Waals surface area contributed by atoms with Crippen molar-refractivity contribution in [1.82, 2.24) is 0 Å². The summed E-state index contributed by atoms with van der Waals surface area (Å²) < 4.78 is 5.29. The number of carbonyl (C=O) groups excluding carboxylic acids is 2. The van der Waals surface area contributed by atoms with Crippen molar-refractivity contribution < 1.29 is 14.3 Å². The minimum absolute atomic E-state index is 0.183. The fourth-order valence-electron chi connectivity index (χ4n) is 3.64. The highest BCUT2D eigenvalue weighted by molar-refractivity contribution is 8.05. The Morgan fingerprint density at radius 1 is 1.09 bits per heavy atom. The van der Waals surface area contributed by atoms with Crippen LogP contribution >= 0.6 is 35.0 Å². The maximum absolute atomic E-state index is 13.6. The Hall–Kier alpha value is -3.44. The van der Waals surface area contributed by atoms with Gasteiger partial charge in [0.05, 0.1) is 28.1 Å². The van der Waals surface area contributed by atoms with Gasteiger partial charge in [0.2, 0.25) is 5.91 Å². The smallest absolute Gasteiger partial charge is 0.269 e. The number of para-hydroxylation sites is 3. The predicted molar refractivity (Wildman–Crippen MR) is 140 cm³/mol. The molecule has 176 valence electrons. The quantitative estimate of drug-likeness (QED) is 0.313. The van der Waals surface area contributed by atoms with E-state index in [1.54, 1.807) is 66.7 Å². The van der Waals surface area contributed by atoms with Crippen LogP contribution < -0.4 is 15.0 Å². The monoisotopic (exact) mass is 523 g/mol.